The van der Waals surface area contributed by atoms with Crippen molar-refractivity contribution in [3.05, 3.63) is 47.8 Å². The topological polar surface area (TPSA) is 41.6 Å². The summed E-state index contributed by atoms with van der Waals surface area (Å²) in [6.45, 7) is 2.69. The van der Waals surface area contributed by atoms with Gasteiger partial charge in [0.25, 0.3) is 0 Å². The van der Waals surface area contributed by atoms with Gasteiger partial charge in [0.2, 0.25) is 0 Å². The maximum Gasteiger partial charge on any atom is 0.122 e. The van der Waals surface area contributed by atoms with Gasteiger partial charge in [-0.25, -0.2) is 0 Å². The van der Waals surface area contributed by atoms with Crippen LogP contribution in [-0.4, -0.2) is 17.0 Å². The van der Waals surface area contributed by atoms with Crippen LogP contribution in [0.3, 0.4) is 0 Å². The maximum absolute atomic E-state index is 5.67. The lowest BCUT2D eigenvalue weighted by Crippen LogP contribution is -2.25. The van der Waals surface area contributed by atoms with Gasteiger partial charge in [0, 0.05) is 24.2 Å². The van der Waals surface area contributed by atoms with Crippen molar-refractivity contribution >= 4 is 0 Å². The largest absolute Gasteiger partial charge is 0.468 e. The first-order valence-corrected chi connectivity index (χ1v) is 7.93. The van der Waals surface area contributed by atoms with E-state index in [1.807, 2.05) is 12.3 Å². The van der Waals surface area contributed by atoms with Gasteiger partial charge in [0.05, 0.1) is 25.6 Å². The van der Waals surface area contributed by atoms with Crippen molar-refractivity contribution in [3.8, 4) is 0 Å². The van der Waals surface area contributed by atoms with E-state index >= 15 is 0 Å². The van der Waals surface area contributed by atoms with E-state index in [1.54, 1.807) is 6.26 Å². The molecule has 2 fully saturated rings. The first-order chi connectivity index (χ1) is 10.4. The predicted octanol–water partition coefficient (Wildman–Crippen LogP) is 3.29. The van der Waals surface area contributed by atoms with Gasteiger partial charge in [-0.3, -0.25) is 4.90 Å². The second-order valence-corrected chi connectivity index (χ2v) is 6.24. The molecule has 0 saturated heterocycles. The van der Waals surface area contributed by atoms with Gasteiger partial charge in [-0.1, -0.05) is 0 Å². The molecular weight excluding hydrogens is 264 g/mol. The molecule has 2 aromatic heterocycles. The number of nitrogens with one attached hydrogen (secondary N) is 1. The minimum absolute atomic E-state index is 0.703. The lowest BCUT2D eigenvalue weighted by atomic mass is 10.2. The summed E-state index contributed by atoms with van der Waals surface area (Å²) in [5.74, 6) is 2.13. The molecule has 0 bridgehead atoms. The Morgan fingerprint density at radius 2 is 1.95 bits per heavy atom. The SMILES string of the molecule is c1coc(CN(Cc2ccoc2CNC2CC2)C2CC2)c1. The predicted molar refractivity (Wildman–Crippen MR) is 79.5 cm³/mol. The van der Waals surface area contributed by atoms with Crippen LogP contribution in [0.5, 0.6) is 0 Å². The molecule has 0 unspecified atom stereocenters. The van der Waals surface area contributed by atoms with Crippen LogP contribution in [0, 0.1) is 0 Å². The zero-order valence-corrected chi connectivity index (χ0v) is 12.3. The number of nitrogens with zero attached hydrogens (tertiary/aromatic N) is 1. The van der Waals surface area contributed by atoms with Crippen LogP contribution in [0.2, 0.25) is 0 Å². The van der Waals surface area contributed by atoms with Gasteiger partial charge >= 0.3 is 0 Å². The van der Waals surface area contributed by atoms with Crippen LogP contribution in [0.1, 0.15) is 42.8 Å². The molecular formula is C17H22N2O2. The lowest BCUT2D eigenvalue weighted by molar-refractivity contribution is 0.223. The van der Waals surface area contributed by atoms with Crippen LogP contribution in [0.25, 0.3) is 0 Å². The Labute approximate surface area is 125 Å². The summed E-state index contributed by atoms with van der Waals surface area (Å²) in [7, 11) is 0. The monoisotopic (exact) mass is 286 g/mol. The first-order valence-electron chi connectivity index (χ1n) is 7.93. The smallest absolute Gasteiger partial charge is 0.122 e. The summed E-state index contributed by atoms with van der Waals surface area (Å²) in [5.41, 5.74) is 1.31. The highest BCUT2D eigenvalue weighted by atomic mass is 16.3. The van der Waals surface area contributed by atoms with Crippen molar-refractivity contribution in [1.29, 1.82) is 0 Å². The average Bonchev–Trinajstić information content (AvgIpc) is 3.41. The fraction of sp³-hybridized carbons (Fsp3) is 0.529. The van der Waals surface area contributed by atoms with E-state index in [0.717, 1.165) is 31.2 Å². The van der Waals surface area contributed by atoms with E-state index in [1.165, 1.54) is 31.2 Å². The maximum atomic E-state index is 5.67. The Morgan fingerprint density at radius 3 is 2.67 bits per heavy atom. The van der Waals surface area contributed by atoms with Crippen molar-refractivity contribution in [2.75, 3.05) is 0 Å². The highest BCUT2D eigenvalue weighted by Gasteiger charge is 2.30. The summed E-state index contributed by atoms with van der Waals surface area (Å²) in [6.07, 6.45) is 8.79. The van der Waals surface area contributed by atoms with Crippen molar-refractivity contribution in [2.24, 2.45) is 0 Å². The second-order valence-electron chi connectivity index (χ2n) is 6.24. The van der Waals surface area contributed by atoms with E-state index in [4.69, 9.17) is 8.83 Å². The molecule has 4 heteroatoms. The summed E-state index contributed by atoms with van der Waals surface area (Å²) in [4.78, 5) is 2.50. The van der Waals surface area contributed by atoms with Gasteiger partial charge in [-0.05, 0) is 43.9 Å². The quantitative estimate of drug-likeness (QED) is 0.808. The van der Waals surface area contributed by atoms with Crippen molar-refractivity contribution in [3.63, 3.8) is 0 Å². The fourth-order valence-electron chi connectivity index (χ4n) is 2.76. The molecule has 2 saturated carbocycles. The van der Waals surface area contributed by atoms with Crippen LogP contribution in [-0.2, 0) is 19.6 Å². The Kier molecular flexibility index (Phi) is 3.57. The van der Waals surface area contributed by atoms with Crippen LogP contribution in [0.15, 0.2) is 39.6 Å². The molecule has 2 aliphatic carbocycles. The molecule has 0 aromatic carbocycles. The third-order valence-corrected chi connectivity index (χ3v) is 4.34. The molecule has 0 amide bonds. The fourth-order valence-corrected chi connectivity index (χ4v) is 2.76. The molecule has 1 N–H and O–H groups in total. The molecule has 2 heterocycles. The van der Waals surface area contributed by atoms with Gasteiger partial charge in [-0.2, -0.15) is 0 Å². The summed E-state index contributed by atoms with van der Waals surface area (Å²) in [5, 5.41) is 3.53. The Bertz CT molecular complexity index is 567. The van der Waals surface area contributed by atoms with Gasteiger partial charge < -0.3 is 14.2 Å². The molecule has 4 rings (SSSR count). The molecule has 2 aliphatic rings. The molecule has 2 aromatic rings. The molecule has 0 aliphatic heterocycles. The van der Waals surface area contributed by atoms with Crippen molar-refractivity contribution in [1.82, 2.24) is 10.2 Å². The third-order valence-electron chi connectivity index (χ3n) is 4.34. The Balaban J connectivity index is 1.41. The van der Waals surface area contributed by atoms with Crippen LogP contribution >= 0.6 is 0 Å². The average molecular weight is 286 g/mol. The number of rotatable bonds is 8. The zero-order chi connectivity index (χ0) is 14.1. The molecule has 0 radical (unpaired) electrons. The van der Waals surface area contributed by atoms with Crippen LogP contribution < -0.4 is 5.32 Å². The molecule has 4 nitrogen and oxygen atoms in total. The molecule has 0 atom stereocenters. The number of hydrogen-bond donors (Lipinski definition) is 1. The molecule has 112 valence electrons. The number of furan rings is 2. The standard InChI is InChI=1S/C17H22N2O2/c1-2-16(20-8-1)12-19(15-5-6-15)11-13-7-9-21-17(13)10-18-14-3-4-14/h1-2,7-9,14-15,18H,3-6,10-12H2. The lowest BCUT2D eigenvalue weighted by Gasteiger charge is -2.20. The third kappa shape index (κ3) is 3.39. The van der Waals surface area contributed by atoms with Crippen molar-refractivity contribution in [2.45, 2.75) is 57.4 Å². The molecule has 21 heavy (non-hydrogen) atoms. The highest BCUT2D eigenvalue weighted by Crippen LogP contribution is 2.31. The van der Waals surface area contributed by atoms with E-state index in [9.17, 15) is 0 Å². The normalized spacial score (nSPS) is 18.5. The Morgan fingerprint density at radius 1 is 1.05 bits per heavy atom. The first kappa shape index (κ1) is 13.2. The number of hydrogen-bond acceptors (Lipinski definition) is 4. The minimum Gasteiger partial charge on any atom is -0.468 e. The zero-order valence-electron chi connectivity index (χ0n) is 12.3. The van der Waals surface area contributed by atoms with E-state index in [-0.39, 0.29) is 0 Å². The second kappa shape index (κ2) is 5.70. The summed E-state index contributed by atoms with van der Waals surface area (Å²) >= 11 is 0. The molecule has 0 spiro atoms. The van der Waals surface area contributed by atoms with Gasteiger partial charge in [-0.15, -0.1) is 0 Å². The minimum atomic E-state index is 0.703. The highest BCUT2D eigenvalue weighted by molar-refractivity contribution is 5.18. The Hall–Kier alpha value is -1.52. The summed E-state index contributed by atoms with van der Waals surface area (Å²) in [6, 6.07) is 7.55. The van der Waals surface area contributed by atoms with Gasteiger partial charge in [0.1, 0.15) is 11.5 Å². The van der Waals surface area contributed by atoms with E-state index < -0.39 is 0 Å². The summed E-state index contributed by atoms with van der Waals surface area (Å²) < 4.78 is 11.2. The van der Waals surface area contributed by atoms with Crippen molar-refractivity contribution < 1.29 is 8.83 Å². The van der Waals surface area contributed by atoms with Crippen LogP contribution in [0.4, 0.5) is 0 Å². The van der Waals surface area contributed by atoms with E-state index in [2.05, 4.69) is 22.3 Å². The van der Waals surface area contributed by atoms with Gasteiger partial charge in [0.15, 0.2) is 0 Å². The van der Waals surface area contributed by atoms with E-state index in [0.29, 0.717) is 12.1 Å².